The summed E-state index contributed by atoms with van der Waals surface area (Å²) in [7, 11) is 0. The zero-order chi connectivity index (χ0) is 20.8. The van der Waals surface area contributed by atoms with Gasteiger partial charge in [-0.2, -0.15) is 0 Å². The summed E-state index contributed by atoms with van der Waals surface area (Å²) in [6.07, 6.45) is 6.06. The van der Waals surface area contributed by atoms with E-state index in [0.717, 1.165) is 16.9 Å². The summed E-state index contributed by atoms with van der Waals surface area (Å²) in [6.45, 7) is 8.29. The van der Waals surface area contributed by atoms with Crippen LogP contribution in [0, 0.1) is 12.7 Å². The molecule has 1 aliphatic rings. The van der Waals surface area contributed by atoms with Gasteiger partial charge in [-0.05, 0) is 87.4 Å². The van der Waals surface area contributed by atoms with Crippen molar-refractivity contribution in [3.63, 3.8) is 0 Å². The first-order chi connectivity index (χ1) is 13.8. The topological polar surface area (TPSA) is 33.1 Å². The molecule has 0 amide bonds. The molecule has 2 atom stereocenters. The number of nitrogens with one attached hydrogen (secondary N) is 1. The maximum Gasteiger partial charge on any atom is 0.174 e. The van der Waals surface area contributed by atoms with Crippen LogP contribution >= 0.6 is 12.2 Å². The second-order valence-electron chi connectivity index (χ2n) is 8.45. The lowest BCUT2D eigenvalue weighted by Crippen LogP contribution is -2.29. The van der Waals surface area contributed by atoms with Crippen molar-refractivity contribution >= 4 is 23.0 Å². The predicted molar refractivity (Wildman–Crippen MR) is 118 cm³/mol. The van der Waals surface area contributed by atoms with Crippen LogP contribution in [-0.2, 0) is 5.54 Å². The summed E-state index contributed by atoms with van der Waals surface area (Å²) >= 11 is 5.72. The highest BCUT2D eigenvalue weighted by atomic mass is 32.1. The van der Waals surface area contributed by atoms with Gasteiger partial charge < -0.3 is 14.8 Å². The first-order valence-electron chi connectivity index (χ1n) is 9.71. The van der Waals surface area contributed by atoms with Crippen LogP contribution in [0.3, 0.4) is 0 Å². The van der Waals surface area contributed by atoms with Crippen LogP contribution in [0.4, 0.5) is 10.1 Å². The summed E-state index contributed by atoms with van der Waals surface area (Å²) in [5.41, 5.74) is 3.49. The molecular weight excluding hydrogens is 383 g/mol. The number of nitrogens with zero attached hydrogens (tertiary/aromatic N) is 3. The van der Waals surface area contributed by atoms with Crippen molar-refractivity contribution in [1.29, 1.82) is 0 Å². The Morgan fingerprint density at radius 1 is 1.14 bits per heavy atom. The third-order valence-corrected chi connectivity index (χ3v) is 5.66. The second-order valence-corrected chi connectivity index (χ2v) is 8.84. The molecule has 1 aliphatic heterocycles. The third kappa shape index (κ3) is 3.65. The summed E-state index contributed by atoms with van der Waals surface area (Å²) in [5, 5.41) is 4.05. The molecule has 1 N–H and O–H groups in total. The van der Waals surface area contributed by atoms with Gasteiger partial charge >= 0.3 is 0 Å². The number of aryl methyl sites for hydroxylation is 1. The maximum atomic E-state index is 13.9. The van der Waals surface area contributed by atoms with E-state index in [2.05, 4.69) is 59.0 Å². The van der Waals surface area contributed by atoms with Gasteiger partial charge in [0.05, 0.1) is 17.8 Å². The predicted octanol–water partition coefficient (Wildman–Crippen LogP) is 5.26. The van der Waals surface area contributed by atoms with Gasteiger partial charge in [0, 0.05) is 29.8 Å². The fraction of sp³-hybridized carbons (Fsp3) is 0.304. The molecule has 6 heteroatoms. The number of rotatable bonds is 3. The lowest BCUT2D eigenvalue weighted by Gasteiger charge is -2.28. The van der Waals surface area contributed by atoms with Crippen molar-refractivity contribution in [2.75, 3.05) is 4.90 Å². The van der Waals surface area contributed by atoms with Crippen molar-refractivity contribution in [3.05, 3.63) is 83.7 Å². The number of anilines is 1. The number of halogens is 1. The van der Waals surface area contributed by atoms with Crippen molar-refractivity contribution in [3.8, 4) is 0 Å². The molecule has 150 valence electrons. The molecule has 1 fully saturated rings. The molecule has 3 heterocycles. The molecule has 1 saturated heterocycles. The third-order valence-electron chi connectivity index (χ3n) is 5.35. The Balaban J connectivity index is 1.83. The maximum absolute atomic E-state index is 13.9. The number of thiocarbonyl (C=S) groups is 1. The Bertz CT molecular complexity index is 1040. The van der Waals surface area contributed by atoms with Gasteiger partial charge in [-0.3, -0.25) is 4.98 Å². The van der Waals surface area contributed by atoms with Gasteiger partial charge in [0.15, 0.2) is 5.11 Å². The average molecular weight is 409 g/mol. The van der Waals surface area contributed by atoms with Crippen LogP contribution in [-0.4, -0.2) is 14.7 Å². The van der Waals surface area contributed by atoms with Crippen LogP contribution in [0.25, 0.3) is 0 Å². The fourth-order valence-corrected chi connectivity index (χ4v) is 4.10. The number of aromatic nitrogens is 2. The monoisotopic (exact) mass is 408 g/mol. The van der Waals surface area contributed by atoms with E-state index in [9.17, 15) is 4.39 Å². The minimum absolute atomic E-state index is 0.0252. The zero-order valence-corrected chi connectivity index (χ0v) is 17.9. The van der Waals surface area contributed by atoms with Gasteiger partial charge in [0.1, 0.15) is 5.82 Å². The smallest absolute Gasteiger partial charge is 0.174 e. The Morgan fingerprint density at radius 3 is 2.55 bits per heavy atom. The second kappa shape index (κ2) is 7.26. The highest BCUT2D eigenvalue weighted by Gasteiger charge is 2.41. The Kier molecular flexibility index (Phi) is 4.90. The number of hydrogen-bond acceptors (Lipinski definition) is 2. The van der Waals surface area contributed by atoms with Crippen molar-refractivity contribution in [1.82, 2.24) is 14.9 Å². The molecule has 0 spiro atoms. The van der Waals surface area contributed by atoms with E-state index >= 15 is 0 Å². The number of benzene rings is 1. The molecule has 4 rings (SSSR count). The first kappa shape index (κ1) is 19.6. The van der Waals surface area contributed by atoms with E-state index in [4.69, 9.17) is 12.2 Å². The summed E-state index contributed by atoms with van der Waals surface area (Å²) in [6, 6.07) is 13.0. The minimum atomic E-state index is -0.219. The molecule has 0 radical (unpaired) electrons. The zero-order valence-electron chi connectivity index (χ0n) is 17.1. The van der Waals surface area contributed by atoms with Crippen LogP contribution in [0.15, 0.2) is 61.1 Å². The van der Waals surface area contributed by atoms with Crippen LogP contribution < -0.4 is 10.2 Å². The van der Waals surface area contributed by atoms with Crippen molar-refractivity contribution < 1.29 is 4.39 Å². The Morgan fingerprint density at radius 2 is 1.93 bits per heavy atom. The van der Waals surface area contributed by atoms with Gasteiger partial charge in [0.25, 0.3) is 0 Å². The average Bonchev–Trinajstić information content (AvgIpc) is 3.29. The first-order valence-corrected chi connectivity index (χ1v) is 10.1. The van der Waals surface area contributed by atoms with Crippen molar-refractivity contribution in [2.45, 2.75) is 45.3 Å². The van der Waals surface area contributed by atoms with Gasteiger partial charge in [-0.25, -0.2) is 4.39 Å². The molecule has 2 aromatic heterocycles. The molecule has 0 unspecified atom stereocenters. The van der Waals surface area contributed by atoms with E-state index in [0.29, 0.717) is 10.7 Å². The number of hydrogen-bond donors (Lipinski definition) is 1. The van der Waals surface area contributed by atoms with E-state index in [1.807, 2.05) is 24.3 Å². The molecule has 4 nitrogen and oxygen atoms in total. The lowest BCUT2D eigenvalue weighted by atomic mass is 9.98. The van der Waals surface area contributed by atoms with E-state index in [1.54, 1.807) is 19.2 Å². The highest BCUT2D eigenvalue weighted by Crippen LogP contribution is 2.42. The van der Waals surface area contributed by atoms with Crippen LogP contribution in [0.1, 0.15) is 49.7 Å². The fourth-order valence-electron chi connectivity index (χ4n) is 3.76. The summed E-state index contributed by atoms with van der Waals surface area (Å²) < 4.78 is 16.1. The Hall–Kier alpha value is -2.73. The molecule has 3 aromatic rings. The van der Waals surface area contributed by atoms with Crippen LogP contribution in [0.5, 0.6) is 0 Å². The van der Waals surface area contributed by atoms with E-state index in [1.165, 1.54) is 6.07 Å². The molecule has 0 aliphatic carbocycles. The van der Waals surface area contributed by atoms with E-state index < -0.39 is 0 Å². The largest absolute Gasteiger partial charge is 0.351 e. The standard InChI is InChI=1S/C23H25FN4S/c1-15-13-17(8-9-18(15)24)28-21(16-10-12-27(14-16)23(2,3)4)20(26-22(28)29)19-7-5-6-11-25-19/h5-14,20-21H,1-4H3,(H,26,29)/t20-,21+/m0/s1. The highest BCUT2D eigenvalue weighted by molar-refractivity contribution is 7.80. The van der Waals surface area contributed by atoms with E-state index in [-0.39, 0.29) is 23.4 Å². The molecule has 0 bridgehead atoms. The molecular formula is C23H25FN4S. The quantitative estimate of drug-likeness (QED) is 0.599. The minimum Gasteiger partial charge on any atom is -0.351 e. The van der Waals surface area contributed by atoms with Gasteiger partial charge in [-0.1, -0.05) is 6.07 Å². The Labute approximate surface area is 176 Å². The van der Waals surface area contributed by atoms with Crippen LogP contribution in [0.2, 0.25) is 0 Å². The molecule has 1 aromatic carbocycles. The van der Waals surface area contributed by atoms with Crippen molar-refractivity contribution in [2.24, 2.45) is 0 Å². The molecule has 29 heavy (non-hydrogen) atoms. The lowest BCUT2D eigenvalue weighted by molar-refractivity contribution is 0.397. The van der Waals surface area contributed by atoms with Gasteiger partial charge in [-0.15, -0.1) is 0 Å². The molecule has 0 saturated carbocycles. The summed E-state index contributed by atoms with van der Waals surface area (Å²) in [4.78, 5) is 6.64. The number of pyridine rings is 1. The van der Waals surface area contributed by atoms with Gasteiger partial charge in [0.2, 0.25) is 0 Å². The SMILES string of the molecule is Cc1cc(N2C(=S)N[C@@H](c3ccccn3)[C@H]2c2ccn(C(C)(C)C)c2)ccc1F. The summed E-state index contributed by atoms with van der Waals surface area (Å²) in [5.74, 6) is -0.219. The normalized spacial score (nSPS) is 19.5.